The van der Waals surface area contributed by atoms with E-state index >= 15 is 0 Å². The first-order valence-corrected chi connectivity index (χ1v) is 7.84. The van der Waals surface area contributed by atoms with Gasteiger partial charge in [-0.15, -0.1) is 0 Å². The Kier molecular flexibility index (Phi) is 3.53. The predicted molar refractivity (Wildman–Crippen MR) is 83.8 cm³/mol. The molecule has 1 aromatic rings. The van der Waals surface area contributed by atoms with E-state index in [4.69, 9.17) is 9.31 Å². The molecular weight excluding hydrogens is 265 g/mol. The standard InChI is InChI=1S/C16H24BNO3/c1-15(2)16(3,4)21-17(20-15)13-8-9-14(19)18(11-13)10-12-6-5-7-12/h8-9,11-12H,5-7,10H2,1-4H3. The fraction of sp³-hybridized carbons (Fsp3) is 0.688. The van der Waals surface area contributed by atoms with Gasteiger partial charge in [0.2, 0.25) is 5.56 Å². The van der Waals surface area contributed by atoms with E-state index in [0.717, 1.165) is 12.0 Å². The van der Waals surface area contributed by atoms with Crippen molar-refractivity contribution in [3.05, 3.63) is 28.7 Å². The monoisotopic (exact) mass is 289 g/mol. The zero-order valence-electron chi connectivity index (χ0n) is 13.4. The van der Waals surface area contributed by atoms with E-state index in [1.54, 1.807) is 6.07 Å². The van der Waals surface area contributed by atoms with Gasteiger partial charge < -0.3 is 13.9 Å². The second kappa shape index (κ2) is 4.99. The summed E-state index contributed by atoms with van der Waals surface area (Å²) in [5, 5.41) is 0. The van der Waals surface area contributed by atoms with Crippen molar-refractivity contribution in [2.45, 2.75) is 64.7 Å². The number of pyridine rings is 1. The third-order valence-electron chi connectivity index (χ3n) is 5.21. The van der Waals surface area contributed by atoms with Crippen LogP contribution in [0.5, 0.6) is 0 Å². The Morgan fingerprint density at radius 2 is 1.81 bits per heavy atom. The minimum atomic E-state index is -0.400. The lowest BCUT2D eigenvalue weighted by atomic mass is 9.80. The minimum Gasteiger partial charge on any atom is -0.399 e. The third-order valence-corrected chi connectivity index (χ3v) is 5.21. The van der Waals surface area contributed by atoms with Gasteiger partial charge in [-0.2, -0.15) is 0 Å². The summed E-state index contributed by atoms with van der Waals surface area (Å²) in [6.45, 7) is 8.97. The lowest BCUT2D eigenvalue weighted by molar-refractivity contribution is 0.00578. The number of nitrogens with zero attached hydrogens (tertiary/aromatic N) is 1. The number of hydrogen-bond donors (Lipinski definition) is 0. The van der Waals surface area contributed by atoms with Crippen molar-refractivity contribution >= 4 is 12.6 Å². The zero-order valence-corrected chi connectivity index (χ0v) is 13.4. The second-order valence-corrected chi connectivity index (χ2v) is 7.34. The van der Waals surface area contributed by atoms with Crippen LogP contribution in [0.15, 0.2) is 23.1 Å². The molecular formula is C16H24BNO3. The average Bonchev–Trinajstić information content (AvgIpc) is 2.55. The van der Waals surface area contributed by atoms with Crippen molar-refractivity contribution in [2.24, 2.45) is 5.92 Å². The van der Waals surface area contributed by atoms with Gasteiger partial charge in [-0.05, 0) is 51.9 Å². The van der Waals surface area contributed by atoms with Crippen LogP contribution in [0.2, 0.25) is 0 Å². The molecule has 4 nitrogen and oxygen atoms in total. The van der Waals surface area contributed by atoms with Crippen LogP contribution in [0.25, 0.3) is 0 Å². The largest absolute Gasteiger partial charge is 0.496 e. The Morgan fingerprint density at radius 3 is 2.33 bits per heavy atom. The van der Waals surface area contributed by atoms with E-state index in [1.807, 2.05) is 44.5 Å². The zero-order chi connectivity index (χ0) is 15.3. The smallest absolute Gasteiger partial charge is 0.399 e. The molecule has 0 spiro atoms. The highest BCUT2D eigenvalue weighted by atomic mass is 16.7. The molecule has 1 saturated heterocycles. The van der Waals surface area contributed by atoms with Gasteiger partial charge in [0.15, 0.2) is 0 Å². The van der Waals surface area contributed by atoms with Crippen LogP contribution in [0.1, 0.15) is 47.0 Å². The number of aromatic nitrogens is 1. The number of hydrogen-bond acceptors (Lipinski definition) is 3. The van der Waals surface area contributed by atoms with Crippen LogP contribution in [0.4, 0.5) is 0 Å². The van der Waals surface area contributed by atoms with Gasteiger partial charge in [0.05, 0.1) is 11.2 Å². The fourth-order valence-electron chi connectivity index (χ4n) is 2.76. The molecule has 21 heavy (non-hydrogen) atoms. The maximum Gasteiger partial charge on any atom is 0.496 e. The average molecular weight is 289 g/mol. The van der Waals surface area contributed by atoms with E-state index in [-0.39, 0.29) is 16.8 Å². The molecule has 3 rings (SSSR count). The minimum absolute atomic E-state index is 0.0576. The summed E-state index contributed by atoms with van der Waals surface area (Å²) in [5.41, 5.74) is 0.272. The first kappa shape index (κ1) is 14.9. The molecule has 0 amide bonds. The maximum absolute atomic E-state index is 12.0. The summed E-state index contributed by atoms with van der Waals surface area (Å²) in [7, 11) is -0.400. The van der Waals surface area contributed by atoms with Crippen LogP contribution in [-0.4, -0.2) is 22.9 Å². The second-order valence-electron chi connectivity index (χ2n) is 7.34. The molecule has 0 N–H and O–H groups in total. The maximum atomic E-state index is 12.0. The van der Waals surface area contributed by atoms with Crippen LogP contribution < -0.4 is 11.0 Å². The van der Waals surface area contributed by atoms with E-state index < -0.39 is 7.12 Å². The lowest BCUT2D eigenvalue weighted by Gasteiger charge is -2.32. The predicted octanol–water partition coefficient (Wildman–Crippen LogP) is 1.95. The SMILES string of the molecule is CC1(C)OB(c2ccc(=O)n(CC3CCC3)c2)OC1(C)C. The quantitative estimate of drug-likeness (QED) is 0.799. The van der Waals surface area contributed by atoms with Crippen LogP contribution >= 0.6 is 0 Å². The summed E-state index contributed by atoms with van der Waals surface area (Å²) >= 11 is 0. The molecule has 0 aromatic carbocycles. The molecule has 5 heteroatoms. The molecule has 0 unspecified atom stereocenters. The van der Waals surface area contributed by atoms with E-state index in [1.165, 1.54) is 19.3 Å². The van der Waals surface area contributed by atoms with Gasteiger partial charge in [-0.3, -0.25) is 4.79 Å². The lowest BCUT2D eigenvalue weighted by Crippen LogP contribution is -2.41. The first-order valence-electron chi connectivity index (χ1n) is 7.84. The van der Waals surface area contributed by atoms with Crippen molar-refractivity contribution < 1.29 is 9.31 Å². The van der Waals surface area contributed by atoms with Gasteiger partial charge in [-0.1, -0.05) is 12.5 Å². The van der Waals surface area contributed by atoms with Gasteiger partial charge >= 0.3 is 7.12 Å². The van der Waals surface area contributed by atoms with Crippen LogP contribution in [0, 0.1) is 5.92 Å². The van der Waals surface area contributed by atoms with Gasteiger partial charge in [0.1, 0.15) is 0 Å². The molecule has 1 aromatic heterocycles. The molecule has 1 aliphatic heterocycles. The van der Waals surface area contributed by atoms with E-state index in [2.05, 4.69) is 0 Å². The molecule has 0 atom stereocenters. The molecule has 1 saturated carbocycles. The Bertz CT molecular complexity index is 573. The Morgan fingerprint density at radius 1 is 1.19 bits per heavy atom. The first-order chi connectivity index (χ1) is 9.78. The molecule has 0 radical (unpaired) electrons. The summed E-state index contributed by atoms with van der Waals surface area (Å²) in [4.78, 5) is 12.0. The highest BCUT2D eigenvalue weighted by Crippen LogP contribution is 2.36. The molecule has 2 fully saturated rings. The van der Waals surface area contributed by atoms with Gasteiger partial charge in [0.25, 0.3) is 0 Å². The highest BCUT2D eigenvalue weighted by molar-refractivity contribution is 6.62. The van der Waals surface area contributed by atoms with Crippen molar-refractivity contribution in [3.8, 4) is 0 Å². The summed E-state index contributed by atoms with van der Waals surface area (Å²) in [6, 6.07) is 3.45. The molecule has 2 heterocycles. The molecule has 114 valence electrons. The molecule has 1 aliphatic carbocycles. The molecule has 0 bridgehead atoms. The van der Waals surface area contributed by atoms with Crippen LogP contribution in [-0.2, 0) is 15.9 Å². The Hall–Kier alpha value is -1.07. The van der Waals surface area contributed by atoms with Gasteiger partial charge in [-0.25, -0.2) is 0 Å². The fourth-order valence-corrected chi connectivity index (χ4v) is 2.76. The van der Waals surface area contributed by atoms with Crippen molar-refractivity contribution in [1.29, 1.82) is 0 Å². The summed E-state index contributed by atoms with van der Waals surface area (Å²) in [5.74, 6) is 0.649. The van der Waals surface area contributed by atoms with Crippen molar-refractivity contribution in [3.63, 3.8) is 0 Å². The van der Waals surface area contributed by atoms with E-state index in [9.17, 15) is 4.79 Å². The topological polar surface area (TPSA) is 40.5 Å². The normalized spacial score (nSPS) is 24.1. The van der Waals surface area contributed by atoms with E-state index in [0.29, 0.717) is 5.92 Å². The Balaban J connectivity index is 1.83. The van der Waals surface area contributed by atoms with Gasteiger partial charge in [0, 0.05) is 18.8 Å². The molecule has 2 aliphatic rings. The summed E-state index contributed by atoms with van der Waals surface area (Å²) < 4.78 is 13.9. The highest BCUT2D eigenvalue weighted by Gasteiger charge is 2.51. The van der Waals surface area contributed by atoms with Crippen molar-refractivity contribution in [2.75, 3.05) is 0 Å². The third kappa shape index (κ3) is 2.69. The van der Waals surface area contributed by atoms with Crippen molar-refractivity contribution in [1.82, 2.24) is 4.57 Å². The van der Waals surface area contributed by atoms with Crippen LogP contribution in [0.3, 0.4) is 0 Å². The number of rotatable bonds is 3. The Labute approximate surface area is 126 Å². The summed E-state index contributed by atoms with van der Waals surface area (Å²) in [6.07, 6.45) is 5.65.